The maximum atomic E-state index is 12.6. The van der Waals surface area contributed by atoms with E-state index in [1.807, 2.05) is 56.3 Å². The average molecular weight is 425 g/mol. The average Bonchev–Trinajstić information content (AvgIpc) is 3.12. The Morgan fingerprint density at radius 3 is 2.59 bits per heavy atom. The summed E-state index contributed by atoms with van der Waals surface area (Å²) in [6.07, 6.45) is 0. The van der Waals surface area contributed by atoms with Crippen molar-refractivity contribution in [2.45, 2.75) is 26.7 Å². The number of carbonyl (C=O) groups excluding carboxylic acids is 1. The van der Waals surface area contributed by atoms with Gasteiger partial charge < -0.3 is 9.47 Å². The van der Waals surface area contributed by atoms with Gasteiger partial charge in [-0.15, -0.1) is 0 Å². The van der Waals surface area contributed by atoms with Crippen molar-refractivity contribution in [1.82, 2.24) is 14.8 Å². The molecule has 1 aliphatic heterocycles. The van der Waals surface area contributed by atoms with Gasteiger partial charge in [0, 0.05) is 16.5 Å². The van der Waals surface area contributed by atoms with Gasteiger partial charge in [-0.25, -0.2) is 14.5 Å². The van der Waals surface area contributed by atoms with Crippen LogP contribution in [0.2, 0.25) is 0 Å². The summed E-state index contributed by atoms with van der Waals surface area (Å²) in [5.74, 6) is 0.0345. The zero-order valence-corrected chi connectivity index (χ0v) is 18.5. The first-order chi connectivity index (χ1) is 15.4. The van der Waals surface area contributed by atoms with Crippen molar-refractivity contribution < 1.29 is 14.3 Å². The predicted molar refractivity (Wildman–Crippen MR) is 123 cm³/mol. The molecule has 6 heteroatoms. The monoisotopic (exact) mass is 425 g/mol. The number of fused-ring (bicyclic) bond motifs is 3. The molecule has 4 aromatic rings. The molecule has 1 atom stereocenters. The van der Waals surface area contributed by atoms with Gasteiger partial charge in [0.25, 0.3) is 0 Å². The molecule has 32 heavy (non-hydrogen) atoms. The Kier molecular flexibility index (Phi) is 4.59. The Morgan fingerprint density at radius 2 is 1.88 bits per heavy atom. The van der Waals surface area contributed by atoms with Crippen LogP contribution in [0.25, 0.3) is 16.6 Å². The standard InChI is InChI=1S/C26H23N3O3/c1-14-11-15(2)19-13-20-22(16(3)26(30)31-5)23-17(4)28-29(18-9-7-6-8-10-18)25(23)32-24(20)27-21(19)12-14/h6-13,22H,3H2,1-2,4-5H3/t22-/m0/s1. The van der Waals surface area contributed by atoms with Crippen LogP contribution in [0.15, 0.2) is 60.7 Å². The zero-order valence-electron chi connectivity index (χ0n) is 18.5. The highest BCUT2D eigenvalue weighted by Crippen LogP contribution is 2.49. The van der Waals surface area contributed by atoms with E-state index in [1.165, 1.54) is 7.11 Å². The summed E-state index contributed by atoms with van der Waals surface area (Å²) in [6, 6.07) is 15.9. The van der Waals surface area contributed by atoms with E-state index in [2.05, 4.69) is 19.6 Å². The summed E-state index contributed by atoms with van der Waals surface area (Å²) < 4.78 is 13.1. The minimum Gasteiger partial charge on any atom is -0.466 e. The van der Waals surface area contributed by atoms with E-state index >= 15 is 0 Å². The summed E-state index contributed by atoms with van der Waals surface area (Å²) in [5.41, 5.74) is 6.58. The van der Waals surface area contributed by atoms with E-state index in [0.29, 0.717) is 17.3 Å². The lowest BCUT2D eigenvalue weighted by Crippen LogP contribution is -2.19. The van der Waals surface area contributed by atoms with E-state index in [-0.39, 0.29) is 0 Å². The molecule has 0 fully saturated rings. The first kappa shape index (κ1) is 20.0. The molecule has 0 unspecified atom stereocenters. The highest BCUT2D eigenvalue weighted by atomic mass is 16.5. The number of nitrogens with zero attached hydrogens (tertiary/aromatic N) is 3. The van der Waals surface area contributed by atoms with E-state index in [0.717, 1.165) is 44.5 Å². The second kappa shape index (κ2) is 7.34. The third kappa shape index (κ3) is 2.99. The quantitative estimate of drug-likeness (QED) is 0.329. The van der Waals surface area contributed by atoms with Crippen LogP contribution in [0.4, 0.5) is 0 Å². The predicted octanol–water partition coefficient (Wildman–Crippen LogP) is 5.31. The third-order valence-electron chi connectivity index (χ3n) is 5.93. The second-order valence-corrected chi connectivity index (χ2v) is 8.13. The van der Waals surface area contributed by atoms with Crippen molar-refractivity contribution >= 4 is 16.9 Å². The van der Waals surface area contributed by atoms with Gasteiger partial charge in [-0.3, -0.25) is 0 Å². The van der Waals surface area contributed by atoms with Crippen molar-refractivity contribution in [3.05, 3.63) is 88.6 Å². The highest BCUT2D eigenvalue weighted by molar-refractivity contribution is 5.92. The first-order valence-electron chi connectivity index (χ1n) is 10.4. The summed E-state index contributed by atoms with van der Waals surface area (Å²) in [7, 11) is 1.36. The minimum atomic E-state index is -0.476. The van der Waals surface area contributed by atoms with Crippen molar-refractivity contribution in [2.75, 3.05) is 7.11 Å². The fourth-order valence-electron chi connectivity index (χ4n) is 4.47. The molecule has 0 saturated carbocycles. The van der Waals surface area contributed by atoms with Crippen molar-refractivity contribution in [1.29, 1.82) is 0 Å². The number of carbonyl (C=O) groups is 1. The van der Waals surface area contributed by atoms with Gasteiger partial charge in [0.2, 0.25) is 11.8 Å². The van der Waals surface area contributed by atoms with Gasteiger partial charge in [0.1, 0.15) is 0 Å². The number of ether oxygens (including phenoxy) is 2. The van der Waals surface area contributed by atoms with Crippen molar-refractivity contribution in [3.63, 3.8) is 0 Å². The molecule has 0 spiro atoms. The number of benzene rings is 2. The Balaban J connectivity index is 1.80. The lowest BCUT2D eigenvalue weighted by atomic mass is 9.83. The van der Waals surface area contributed by atoms with Crippen LogP contribution in [0.3, 0.4) is 0 Å². The topological polar surface area (TPSA) is 66.2 Å². The number of aromatic nitrogens is 3. The number of esters is 1. The molecule has 2 aromatic carbocycles. The van der Waals surface area contributed by atoms with Crippen LogP contribution in [0, 0.1) is 20.8 Å². The lowest BCUT2D eigenvalue weighted by Gasteiger charge is -2.27. The number of methoxy groups -OCH3 is 1. The third-order valence-corrected chi connectivity index (χ3v) is 5.93. The SMILES string of the molecule is C=C(C(=O)OC)[C@H]1c2cc3c(C)cc(C)cc3nc2Oc2c1c(C)nn2-c1ccccc1. The maximum absolute atomic E-state index is 12.6. The molecule has 160 valence electrons. The molecule has 0 saturated heterocycles. The highest BCUT2D eigenvalue weighted by Gasteiger charge is 2.38. The number of para-hydroxylation sites is 1. The van der Waals surface area contributed by atoms with E-state index in [4.69, 9.17) is 19.6 Å². The Morgan fingerprint density at radius 1 is 1.12 bits per heavy atom. The minimum absolute atomic E-state index is 0.319. The number of rotatable bonds is 3. The van der Waals surface area contributed by atoms with E-state index in [1.54, 1.807) is 4.68 Å². The van der Waals surface area contributed by atoms with Crippen molar-refractivity contribution in [2.24, 2.45) is 0 Å². The molecule has 0 bridgehead atoms. The molecule has 2 aromatic heterocycles. The summed E-state index contributed by atoms with van der Waals surface area (Å²) in [6.45, 7) is 10.1. The second-order valence-electron chi connectivity index (χ2n) is 8.13. The number of aryl methyl sites for hydroxylation is 3. The molecule has 0 N–H and O–H groups in total. The van der Waals surface area contributed by atoms with Gasteiger partial charge >= 0.3 is 5.97 Å². The molecule has 0 aliphatic carbocycles. The number of hydrogen-bond donors (Lipinski definition) is 0. The number of pyridine rings is 1. The van der Waals surface area contributed by atoms with Gasteiger partial charge in [-0.1, -0.05) is 30.8 Å². The van der Waals surface area contributed by atoms with Crippen LogP contribution in [0.1, 0.15) is 33.9 Å². The van der Waals surface area contributed by atoms with Gasteiger partial charge in [-0.05, 0) is 56.2 Å². The van der Waals surface area contributed by atoms with Gasteiger partial charge in [0.15, 0.2) is 0 Å². The maximum Gasteiger partial charge on any atom is 0.334 e. The molecule has 3 heterocycles. The molecular weight excluding hydrogens is 402 g/mol. The Labute approximate surface area is 186 Å². The molecular formula is C26H23N3O3. The molecule has 6 nitrogen and oxygen atoms in total. The zero-order chi connectivity index (χ0) is 22.6. The lowest BCUT2D eigenvalue weighted by molar-refractivity contribution is -0.136. The van der Waals surface area contributed by atoms with Gasteiger partial charge in [-0.2, -0.15) is 5.10 Å². The molecule has 5 rings (SSSR count). The van der Waals surface area contributed by atoms with E-state index < -0.39 is 11.9 Å². The summed E-state index contributed by atoms with van der Waals surface area (Å²) in [5, 5.41) is 5.75. The van der Waals surface area contributed by atoms with Crippen LogP contribution < -0.4 is 4.74 Å². The first-order valence-corrected chi connectivity index (χ1v) is 10.4. The van der Waals surface area contributed by atoms with Crippen LogP contribution in [-0.4, -0.2) is 27.8 Å². The summed E-state index contributed by atoms with van der Waals surface area (Å²) in [4.78, 5) is 17.4. The van der Waals surface area contributed by atoms with Crippen LogP contribution in [0.5, 0.6) is 11.8 Å². The van der Waals surface area contributed by atoms with Crippen LogP contribution in [-0.2, 0) is 9.53 Å². The fraction of sp³-hybridized carbons (Fsp3) is 0.192. The Bertz CT molecular complexity index is 1400. The Hall–Kier alpha value is -3.93. The normalized spacial score (nSPS) is 14.4. The number of hydrogen-bond acceptors (Lipinski definition) is 5. The van der Waals surface area contributed by atoms with Crippen molar-refractivity contribution in [3.8, 4) is 17.4 Å². The van der Waals surface area contributed by atoms with Crippen LogP contribution >= 0.6 is 0 Å². The van der Waals surface area contributed by atoms with Gasteiger partial charge in [0.05, 0.1) is 35.5 Å². The molecule has 0 amide bonds. The smallest absolute Gasteiger partial charge is 0.334 e. The fourth-order valence-corrected chi connectivity index (χ4v) is 4.47. The molecule has 1 aliphatic rings. The van der Waals surface area contributed by atoms with E-state index in [9.17, 15) is 4.79 Å². The largest absolute Gasteiger partial charge is 0.466 e. The molecule has 0 radical (unpaired) electrons. The summed E-state index contributed by atoms with van der Waals surface area (Å²) >= 11 is 0.